The van der Waals surface area contributed by atoms with Crippen molar-refractivity contribution in [3.63, 3.8) is 0 Å². The minimum atomic E-state index is 0.621. The highest BCUT2D eigenvalue weighted by atomic mass is 79.9. The number of rotatable bonds is 7. The van der Waals surface area contributed by atoms with Crippen LogP contribution in [0.25, 0.3) is 0 Å². The Hall–Kier alpha value is -1.13. The summed E-state index contributed by atoms with van der Waals surface area (Å²) in [6.07, 6.45) is 9.01. The van der Waals surface area contributed by atoms with Crippen LogP contribution in [-0.2, 0) is 19.9 Å². The summed E-state index contributed by atoms with van der Waals surface area (Å²) in [5.74, 6) is 0.621. The first-order valence-corrected chi connectivity index (χ1v) is 8.43. The molecular formula is C17H22BrN3. The van der Waals surface area contributed by atoms with Crippen molar-refractivity contribution >= 4 is 15.9 Å². The molecule has 0 amide bonds. The zero-order valence-electron chi connectivity index (χ0n) is 12.4. The van der Waals surface area contributed by atoms with Crippen molar-refractivity contribution in [1.82, 2.24) is 15.1 Å². The second-order valence-electron chi connectivity index (χ2n) is 6.11. The number of aryl methyl sites for hydroxylation is 1. The molecule has 112 valence electrons. The third-order valence-electron chi connectivity index (χ3n) is 3.99. The lowest BCUT2D eigenvalue weighted by molar-refractivity contribution is 0.469. The van der Waals surface area contributed by atoms with Crippen molar-refractivity contribution in [2.24, 2.45) is 13.0 Å². The highest BCUT2D eigenvalue weighted by molar-refractivity contribution is 9.10. The molecule has 4 heteroatoms. The largest absolute Gasteiger partial charge is 0.314 e. The van der Waals surface area contributed by atoms with E-state index in [2.05, 4.69) is 56.8 Å². The van der Waals surface area contributed by atoms with E-state index in [0.29, 0.717) is 5.92 Å². The lowest BCUT2D eigenvalue weighted by Crippen LogP contribution is -2.27. The molecule has 3 nitrogen and oxygen atoms in total. The molecule has 0 bridgehead atoms. The van der Waals surface area contributed by atoms with Crippen LogP contribution in [0.5, 0.6) is 0 Å². The molecule has 1 aromatic heterocycles. The minimum absolute atomic E-state index is 0.621. The Kier molecular flexibility index (Phi) is 4.76. The van der Waals surface area contributed by atoms with Crippen molar-refractivity contribution in [3.05, 3.63) is 52.3 Å². The highest BCUT2D eigenvalue weighted by Gasteiger charge is 2.22. The first kappa shape index (κ1) is 14.8. The van der Waals surface area contributed by atoms with Crippen LogP contribution in [0, 0.1) is 5.92 Å². The van der Waals surface area contributed by atoms with E-state index in [0.717, 1.165) is 29.9 Å². The van der Waals surface area contributed by atoms with Gasteiger partial charge in [0.05, 0.1) is 6.20 Å². The van der Waals surface area contributed by atoms with E-state index in [-0.39, 0.29) is 0 Å². The number of nitrogens with zero attached hydrogens (tertiary/aromatic N) is 2. The first-order chi connectivity index (χ1) is 10.2. The van der Waals surface area contributed by atoms with Crippen LogP contribution < -0.4 is 5.32 Å². The summed E-state index contributed by atoms with van der Waals surface area (Å²) in [5.41, 5.74) is 2.74. The monoisotopic (exact) mass is 347 g/mol. The molecule has 1 unspecified atom stereocenters. The molecule has 0 radical (unpaired) electrons. The van der Waals surface area contributed by atoms with Crippen molar-refractivity contribution in [2.75, 3.05) is 6.54 Å². The van der Waals surface area contributed by atoms with Gasteiger partial charge in [0.1, 0.15) is 0 Å². The maximum atomic E-state index is 4.29. The Balaban J connectivity index is 1.63. The quantitative estimate of drug-likeness (QED) is 0.832. The summed E-state index contributed by atoms with van der Waals surface area (Å²) in [6, 6.07) is 9.47. The van der Waals surface area contributed by atoms with Gasteiger partial charge < -0.3 is 5.32 Å². The molecule has 2 aromatic rings. The van der Waals surface area contributed by atoms with E-state index in [1.807, 2.05) is 17.9 Å². The third-order valence-corrected chi connectivity index (χ3v) is 4.52. The fraction of sp³-hybridized carbons (Fsp3) is 0.471. The summed E-state index contributed by atoms with van der Waals surface area (Å²) in [5, 5.41) is 7.96. The average Bonchev–Trinajstić information content (AvgIpc) is 3.21. The van der Waals surface area contributed by atoms with Gasteiger partial charge in [0.25, 0.3) is 0 Å². The van der Waals surface area contributed by atoms with E-state index < -0.39 is 0 Å². The number of hydrogen-bond donors (Lipinski definition) is 1. The Bertz CT molecular complexity index is 572. The van der Waals surface area contributed by atoms with Gasteiger partial charge in [-0.1, -0.05) is 28.1 Å². The molecule has 1 atom stereocenters. The van der Waals surface area contributed by atoms with Crippen LogP contribution in [-0.4, -0.2) is 22.4 Å². The summed E-state index contributed by atoms with van der Waals surface area (Å²) >= 11 is 3.50. The van der Waals surface area contributed by atoms with Crippen molar-refractivity contribution < 1.29 is 0 Å². The molecule has 1 aliphatic rings. The number of hydrogen-bond acceptors (Lipinski definition) is 2. The van der Waals surface area contributed by atoms with Gasteiger partial charge in [-0.05, 0) is 61.4 Å². The van der Waals surface area contributed by atoms with E-state index >= 15 is 0 Å². The van der Waals surface area contributed by atoms with Gasteiger partial charge in [0.2, 0.25) is 0 Å². The maximum Gasteiger partial charge on any atom is 0.0521 e. The van der Waals surface area contributed by atoms with E-state index in [1.165, 1.54) is 24.0 Å². The standard InChI is InChI=1S/C17H22BrN3/c1-21-12-15(11-20-21)9-14(10-19-17-6-7-17)8-13-2-4-16(18)5-3-13/h2-5,11-12,14,17,19H,6-10H2,1H3. The molecule has 0 saturated heterocycles. The molecule has 1 aliphatic carbocycles. The van der Waals surface area contributed by atoms with Gasteiger partial charge in [0.15, 0.2) is 0 Å². The third kappa shape index (κ3) is 4.68. The first-order valence-electron chi connectivity index (χ1n) is 7.64. The fourth-order valence-electron chi connectivity index (χ4n) is 2.70. The second kappa shape index (κ2) is 6.75. The van der Waals surface area contributed by atoms with E-state index in [4.69, 9.17) is 0 Å². The predicted molar refractivity (Wildman–Crippen MR) is 89.3 cm³/mol. The van der Waals surface area contributed by atoms with Gasteiger partial charge in [0, 0.05) is 23.8 Å². The fourth-order valence-corrected chi connectivity index (χ4v) is 2.97. The smallest absolute Gasteiger partial charge is 0.0521 e. The second-order valence-corrected chi connectivity index (χ2v) is 7.02. The van der Waals surface area contributed by atoms with Crippen molar-refractivity contribution in [2.45, 2.75) is 31.7 Å². The predicted octanol–water partition coefficient (Wildman–Crippen LogP) is 3.34. The SMILES string of the molecule is Cn1cc(CC(CNC2CC2)Cc2ccc(Br)cc2)cn1. The highest BCUT2D eigenvalue weighted by Crippen LogP contribution is 2.21. The molecule has 3 rings (SSSR count). The van der Waals surface area contributed by atoms with Crippen LogP contribution in [0.3, 0.4) is 0 Å². The molecule has 1 N–H and O–H groups in total. The molecule has 1 heterocycles. The minimum Gasteiger partial charge on any atom is -0.314 e. The number of benzene rings is 1. The van der Waals surface area contributed by atoms with Crippen molar-refractivity contribution in [1.29, 1.82) is 0 Å². The summed E-state index contributed by atoms with van der Waals surface area (Å²) in [4.78, 5) is 0. The molecule has 1 aromatic carbocycles. The maximum absolute atomic E-state index is 4.29. The molecule has 1 fully saturated rings. The number of halogens is 1. The number of nitrogens with one attached hydrogen (secondary N) is 1. The summed E-state index contributed by atoms with van der Waals surface area (Å²) in [6.45, 7) is 1.09. The summed E-state index contributed by atoms with van der Waals surface area (Å²) in [7, 11) is 1.98. The van der Waals surface area contributed by atoms with Gasteiger partial charge in [-0.3, -0.25) is 4.68 Å². The molecular weight excluding hydrogens is 326 g/mol. The molecule has 0 aliphatic heterocycles. The molecule has 1 saturated carbocycles. The number of aromatic nitrogens is 2. The Labute approximate surface area is 134 Å². The Morgan fingerprint density at radius 1 is 1.24 bits per heavy atom. The van der Waals surface area contributed by atoms with Crippen LogP contribution in [0.1, 0.15) is 24.0 Å². The van der Waals surface area contributed by atoms with Crippen LogP contribution >= 0.6 is 15.9 Å². The lowest BCUT2D eigenvalue weighted by Gasteiger charge is -2.17. The van der Waals surface area contributed by atoms with Crippen LogP contribution in [0.4, 0.5) is 0 Å². The van der Waals surface area contributed by atoms with E-state index in [1.54, 1.807) is 0 Å². The molecule has 0 spiro atoms. The zero-order valence-corrected chi connectivity index (χ0v) is 14.0. The lowest BCUT2D eigenvalue weighted by atomic mass is 9.93. The van der Waals surface area contributed by atoms with Crippen LogP contribution in [0.2, 0.25) is 0 Å². The van der Waals surface area contributed by atoms with Gasteiger partial charge in [-0.15, -0.1) is 0 Å². The van der Waals surface area contributed by atoms with Gasteiger partial charge in [-0.25, -0.2) is 0 Å². The van der Waals surface area contributed by atoms with Crippen LogP contribution in [0.15, 0.2) is 41.1 Å². The zero-order chi connectivity index (χ0) is 14.7. The van der Waals surface area contributed by atoms with Gasteiger partial charge >= 0.3 is 0 Å². The normalized spacial score (nSPS) is 16.1. The Morgan fingerprint density at radius 3 is 2.57 bits per heavy atom. The molecule has 21 heavy (non-hydrogen) atoms. The Morgan fingerprint density at radius 2 is 1.95 bits per heavy atom. The average molecular weight is 348 g/mol. The van der Waals surface area contributed by atoms with Gasteiger partial charge in [-0.2, -0.15) is 5.10 Å². The summed E-state index contributed by atoms with van der Waals surface area (Å²) < 4.78 is 3.03. The van der Waals surface area contributed by atoms with Crippen molar-refractivity contribution in [3.8, 4) is 0 Å². The topological polar surface area (TPSA) is 29.9 Å². The van der Waals surface area contributed by atoms with E-state index in [9.17, 15) is 0 Å².